The normalized spacial score (nSPS) is 20.1. The first-order chi connectivity index (χ1) is 7.93. The average molecular weight is 237 g/mol. The number of carbonyl (C=O) groups excluding carboxylic acids is 1. The van der Waals surface area contributed by atoms with Crippen LogP contribution in [0.3, 0.4) is 0 Å². The van der Waals surface area contributed by atoms with Crippen LogP contribution in [0.15, 0.2) is 0 Å². The van der Waals surface area contributed by atoms with E-state index in [4.69, 9.17) is 5.11 Å². The van der Waals surface area contributed by atoms with Gasteiger partial charge in [0.1, 0.15) is 11.6 Å². The molecule has 1 aliphatic heterocycles. The van der Waals surface area contributed by atoms with Gasteiger partial charge in [0.15, 0.2) is 0 Å². The topological polar surface area (TPSA) is 75.4 Å². The third kappa shape index (κ3) is 1.69. The number of rotatable bonds is 2. The predicted octanol–water partition coefficient (Wildman–Crippen LogP) is 0.601. The number of carboxylic acid groups (broad SMARTS) is 1. The van der Waals surface area contributed by atoms with Gasteiger partial charge in [-0.1, -0.05) is 0 Å². The van der Waals surface area contributed by atoms with Crippen molar-refractivity contribution in [3.05, 3.63) is 17.0 Å². The number of aryl methyl sites for hydroxylation is 1. The molecule has 1 aromatic rings. The summed E-state index contributed by atoms with van der Waals surface area (Å²) in [7, 11) is 1.74. The highest BCUT2D eigenvalue weighted by molar-refractivity contribution is 5.90. The maximum atomic E-state index is 11.9. The first kappa shape index (κ1) is 11.6. The van der Waals surface area contributed by atoms with Crippen molar-refractivity contribution in [1.29, 1.82) is 0 Å². The molecular formula is C11H15N3O3. The van der Waals surface area contributed by atoms with E-state index in [9.17, 15) is 9.59 Å². The van der Waals surface area contributed by atoms with Crippen molar-refractivity contribution in [2.24, 2.45) is 0 Å². The minimum Gasteiger partial charge on any atom is -0.478 e. The second-order valence-electron chi connectivity index (χ2n) is 4.36. The van der Waals surface area contributed by atoms with Gasteiger partial charge in [-0.15, -0.1) is 0 Å². The average Bonchev–Trinajstić information content (AvgIpc) is 2.70. The van der Waals surface area contributed by atoms with E-state index in [0.29, 0.717) is 24.4 Å². The van der Waals surface area contributed by atoms with Crippen molar-refractivity contribution >= 4 is 11.9 Å². The molecule has 1 saturated heterocycles. The van der Waals surface area contributed by atoms with Crippen molar-refractivity contribution in [2.75, 3.05) is 13.6 Å². The summed E-state index contributed by atoms with van der Waals surface area (Å²) in [6, 6.07) is -0.355. The van der Waals surface area contributed by atoms with Gasteiger partial charge < -0.3 is 10.0 Å². The number of carbonyl (C=O) groups is 2. The van der Waals surface area contributed by atoms with E-state index >= 15 is 0 Å². The van der Waals surface area contributed by atoms with E-state index < -0.39 is 5.97 Å². The number of likely N-dealkylation sites (N-methyl/N-ethyl adjacent to an activating group) is 1. The van der Waals surface area contributed by atoms with Gasteiger partial charge in [0.2, 0.25) is 5.91 Å². The Bertz CT molecular complexity index is 492. The maximum Gasteiger partial charge on any atom is 0.339 e. The Morgan fingerprint density at radius 1 is 1.47 bits per heavy atom. The zero-order chi connectivity index (χ0) is 12.7. The lowest BCUT2D eigenvalue weighted by molar-refractivity contribution is -0.129. The molecule has 0 radical (unpaired) electrons. The second-order valence-corrected chi connectivity index (χ2v) is 4.36. The number of amides is 1. The summed E-state index contributed by atoms with van der Waals surface area (Å²) in [6.07, 6.45) is 0.677. The van der Waals surface area contributed by atoms with Crippen LogP contribution < -0.4 is 0 Å². The highest BCUT2D eigenvalue weighted by atomic mass is 16.4. The van der Waals surface area contributed by atoms with Gasteiger partial charge in [-0.05, 0) is 20.3 Å². The van der Waals surface area contributed by atoms with E-state index in [-0.39, 0.29) is 17.5 Å². The van der Waals surface area contributed by atoms with E-state index in [2.05, 4.69) is 5.10 Å². The summed E-state index contributed by atoms with van der Waals surface area (Å²) in [6.45, 7) is 4.02. The first-order valence-corrected chi connectivity index (χ1v) is 5.47. The van der Waals surface area contributed by atoms with Crippen molar-refractivity contribution in [3.8, 4) is 0 Å². The Hall–Kier alpha value is -1.85. The van der Waals surface area contributed by atoms with Crippen LogP contribution in [0.1, 0.15) is 34.2 Å². The fourth-order valence-electron chi connectivity index (χ4n) is 2.31. The SMILES string of the molecule is Cc1nn(C2CCN(C)C2=O)c(C)c1C(=O)O. The van der Waals surface area contributed by atoms with Gasteiger partial charge in [0.25, 0.3) is 0 Å². The molecule has 2 rings (SSSR count). The number of hydrogen-bond acceptors (Lipinski definition) is 3. The molecule has 1 aliphatic rings. The molecule has 1 fully saturated rings. The van der Waals surface area contributed by atoms with Crippen LogP contribution in [0.25, 0.3) is 0 Å². The molecule has 1 N–H and O–H groups in total. The second kappa shape index (κ2) is 3.87. The molecule has 17 heavy (non-hydrogen) atoms. The third-order valence-electron chi connectivity index (χ3n) is 3.23. The monoisotopic (exact) mass is 237 g/mol. The Kier molecular flexibility index (Phi) is 2.65. The highest BCUT2D eigenvalue weighted by Gasteiger charge is 2.33. The molecule has 0 aliphatic carbocycles. The van der Waals surface area contributed by atoms with Crippen LogP contribution in [-0.2, 0) is 4.79 Å². The zero-order valence-corrected chi connectivity index (χ0v) is 10.1. The number of carboxylic acids is 1. The van der Waals surface area contributed by atoms with Crippen molar-refractivity contribution in [2.45, 2.75) is 26.3 Å². The summed E-state index contributed by atoms with van der Waals surface area (Å²) in [4.78, 5) is 24.6. The minimum absolute atomic E-state index is 0.00691. The molecule has 0 aromatic carbocycles. The fourth-order valence-corrected chi connectivity index (χ4v) is 2.31. The van der Waals surface area contributed by atoms with E-state index in [1.54, 1.807) is 30.5 Å². The van der Waals surface area contributed by atoms with E-state index in [1.165, 1.54) is 0 Å². The van der Waals surface area contributed by atoms with Gasteiger partial charge >= 0.3 is 5.97 Å². The van der Waals surface area contributed by atoms with Crippen LogP contribution in [-0.4, -0.2) is 45.3 Å². The summed E-state index contributed by atoms with van der Waals surface area (Å²) in [5, 5.41) is 13.3. The van der Waals surface area contributed by atoms with Crippen LogP contribution in [0.4, 0.5) is 0 Å². The van der Waals surface area contributed by atoms with Crippen molar-refractivity contribution in [1.82, 2.24) is 14.7 Å². The lowest BCUT2D eigenvalue weighted by Gasteiger charge is -2.12. The first-order valence-electron chi connectivity index (χ1n) is 5.47. The Labute approximate surface area is 98.8 Å². The summed E-state index contributed by atoms with van der Waals surface area (Å²) in [5.41, 5.74) is 1.20. The molecule has 0 saturated carbocycles. The van der Waals surface area contributed by atoms with Crippen molar-refractivity contribution < 1.29 is 14.7 Å². The largest absolute Gasteiger partial charge is 0.478 e. The van der Waals surface area contributed by atoms with Gasteiger partial charge in [0, 0.05) is 13.6 Å². The van der Waals surface area contributed by atoms with Crippen molar-refractivity contribution in [3.63, 3.8) is 0 Å². The molecular weight excluding hydrogens is 222 g/mol. The summed E-state index contributed by atoms with van der Waals surface area (Å²) < 4.78 is 1.55. The standard InChI is InChI=1S/C11H15N3O3/c1-6-9(11(16)17)7(2)14(12-6)8-4-5-13(3)10(8)15/h8H,4-5H2,1-3H3,(H,16,17). The number of aromatic carboxylic acids is 1. The van der Waals surface area contributed by atoms with Crippen LogP contribution in [0.5, 0.6) is 0 Å². The van der Waals surface area contributed by atoms with Crippen LogP contribution in [0.2, 0.25) is 0 Å². The number of likely N-dealkylation sites (tertiary alicyclic amines) is 1. The molecule has 0 spiro atoms. The molecule has 6 nitrogen and oxygen atoms in total. The molecule has 1 amide bonds. The van der Waals surface area contributed by atoms with E-state index in [0.717, 1.165) is 0 Å². The third-order valence-corrected chi connectivity index (χ3v) is 3.23. The molecule has 1 aromatic heterocycles. The van der Waals surface area contributed by atoms with E-state index in [1.807, 2.05) is 0 Å². The number of nitrogens with zero attached hydrogens (tertiary/aromatic N) is 3. The lowest BCUT2D eigenvalue weighted by atomic mass is 10.2. The summed E-state index contributed by atoms with van der Waals surface area (Å²) >= 11 is 0. The molecule has 6 heteroatoms. The highest BCUT2D eigenvalue weighted by Crippen LogP contribution is 2.25. The van der Waals surface area contributed by atoms with Gasteiger partial charge in [-0.2, -0.15) is 5.10 Å². The zero-order valence-electron chi connectivity index (χ0n) is 10.1. The Balaban J connectivity index is 2.44. The Morgan fingerprint density at radius 2 is 2.12 bits per heavy atom. The Morgan fingerprint density at radius 3 is 2.53 bits per heavy atom. The molecule has 1 atom stereocenters. The lowest BCUT2D eigenvalue weighted by Crippen LogP contribution is -2.25. The van der Waals surface area contributed by atoms with Crippen LogP contribution >= 0.6 is 0 Å². The summed E-state index contributed by atoms with van der Waals surface area (Å²) in [5.74, 6) is -1.00. The molecule has 2 heterocycles. The molecule has 1 unspecified atom stereocenters. The quantitative estimate of drug-likeness (QED) is 0.817. The number of hydrogen-bond donors (Lipinski definition) is 1. The van der Waals surface area contributed by atoms with Gasteiger partial charge in [-0.3, -0.25) is 9.48 Å². The molecule has 92 valence electrons. The molecule has 0 bridgehead atoms. The van der Waals surface area contributed by atoms with Gasteiger partial charge in [0.05, 0.1) is 11.4 Å². The predicted molar refractivity (Wildman–Crippen MR) is 60.0 cm³/mol. The minimum atomic E-state index is -0.995. The van der Waals surface area contributed by atoms with Gasteiger partial charge in [-0.25, -0.2) is 4.79 Å². The maximum absolute atomic E-state index is 11.9. The van der Waals surface area contributed by atoms with Crippen LogP contribution in [0, 0.1) is 13.8 Å². The fraction of sp³-hybridized carbons (Fsp3) is 0.545. The smallest absolute Gasteiger partial charge is 0.339 e. The number of aromatic nitrogens is 2.